The molecule has 23 heavy (non-hydrogen) atoms. The van der Waals surface area contributed by atoms with Crippen LogP contribution in [0.1, 0.15) is 71.6 Å². The Morgan fingerprint density at radius 1 is 1.17 bits per heavy atom. The smallest absolute Gasteiger partial charge is 0.218 e. The van der Waals surface area contributed by atoms with E-state index in [1.807, 2.05) is 26.8 Å². The van der Waals surface area contributed by atoms with Crippen molar-refractivity contribution in [3.05, 3.63) is 28.3 Å². The van der Waals surface area contributed by atoms with Crippen LogP contribution in [0.15, 0.2) is 6.07 Å². The second-order valence-electron chi connectivity index (χ2n) is 8.68. The van der Waals surface area contributed by atoms with Gasteiger partial charge in [0.05, 0.1) is 11.1 Å². The van der Waals surface area contributed by atoms with E-state index in [2.05, 4.69) is 18.8 Å². The minimum absolute atomic E-state index is 0.0200. The number of pyridine rings is 1. The van der Waals surface area contributed by atoms with Crippen molar-refractivity contribution < 1.29 is 9.50 Å². The van der Waals surface area contributed by atoms with E-state index in [9.17, 15) is 9.50 Å². The predicted octanol–water partition coefficient (Wildman–Crippen LogP) is 5.29. The van der Waals surface area contributed by atoms with E-state index in [-0.39, 0.29) is 16.9 Å². The zero-order valence-corrected chi connectivity index (χ0v) is 15.7. The fraction of sp³-hybridized carbons (Fsp3) is 0.737. The van der Waals surface area contributed by atoms with Crippen molar-refractivity contribution in [1.29, 1.82) is 0 Å². The van der Waals surface area contributed by atoms with E-state index < -0.39 is 5.95 Å². The molecule has 1 heterocycles. The van der Waals surface area contributed by atoms with Gasteiger partial charge in [0.15, 0.2) is 0 Å². The summed E-state index contributed by atoms with van der Waals surface area (Å²) in [4.78, 5) is 4.19. The first-order valence-electron chi connectivity index (χ1n) is 8.54. The van der Waals surface area contributed by atoms with Gasteiger partial charge in [-0.1, -0.05) is 46.2 Å². The standard InChI is InChI=1S/C19H29ClFNO/c1-18(2,3)16-15(20)10-13(22-17(16)21)11-19(4,5)12-6-8-14(23)9-7-12/h10,12,14,23H,6-9,11H2,1-5H3/t12-,14+. The molecule has 4 heteroatoms. The topological polar surface area (TPSA) is 33.1 Å². The van der Waals surface area contributed by atoms with Crippen LogP contribution in [0.2, 0.25) is 5.02 Å². The second-order valence-corrected chi connectivity index (χ2v) is 9.09. The van der Waals surface area contributed by atoms with Crippen LogP contribution in [-0.2, 0) is 11.8 Å². The first-order valence-corrected chi connectivity index (χ1v) is 8.92. The molecule has 0 radical (unpaired) electrons. The number of hydrogen-bond acceptors (Lipinski definition) is 2. The van der Waals surface area contributed by atoms with Crippen molar-refractivity contribution in [3.63, 3.8) is 0 Å². The van der Waals surface area contributed by atoms with Crippen LogP contribution in [0.3, 0.4) is 0 Å². The lowest BCUT2D eigenvalue weighted by Gasteiger charge is -2.38. The van der Waals surface area contributed by atoms with Gasteiger partial charge in [-0.25, -0.2) is 4.98 Å². The maximum Gasteiger partial charge on any atom is 0.218 e. The van der Waals surface area contributed by atoms with Crippen LogP contribution in [0.25, 0.3) is 0 Å². The minimum atomic E-state index is -0.449. The van der Waals surface area contributed by atoms with Crippen molar-refractivity contribution in [1.82, 2.24) is 4.98 Å². The van der Waals surface area contributed by atoms with E-state index in [4.69, 9.17) is 11.6 Å². The SMILES string of the molecule is CC(C)(C)c1c(Cl)cc(CC(C)(C)[C@H]2CC[C@@H](O)CC2)nc1F. The monoisotopic (exact) mass is 341 g/mol. The third-order valence-corrected chi connectivity index (χ3v) is 5.47. The van der Waals surface area contributed by atoms with Crippen LogP contribution >= 0.6 is 11.6 Å². The van der Waals surface area contributed by atoms with Crippen molar-refractivity contribution in [3.8, 4) is 0 Å². The normalized spacial score (nSPS) is 23.1. The molecule has 1 aromatic heterocycles. The summed E-state index contributed by atoms with van der Waals surface area (Å²) in [6.45, 7) is 10.2. The largest absolute Gasteiger partial charge is 0.393 e. The van der Waals surface area contributed by atoms with Gasteiger partial charge in [0.1, 0.15) is 0 Å². The molecule has 1 saturated carbocycles. The first kappa shape index (κ1) is 18.7. The number of rotatable bonds is 3. The Hall–Kier alpha value is -0.670. The lowest BCUT2D eigenvalue weighted by Crippen LogP contribution is -2.32. The summed E-state index contributed by atoms with van der Waals surface area (Å²) in [5.41, 5.74) is 0.867. The van der Waals surface area contributed by atoms with E-state index in [0.29, 0.717) is 22.9 Å². The Kier molecular flexibility index (Phi) is 5.42. The highest BCUT2D eigenvalue weighted by atomic mass is 35.5. The summed E-state index contributed by atoms with van der Waals surface area (Å²) in [6, 6.07) is 1.82. The number of hydrogen-bond donors (Lipinski definition) is 1. The summed E-state index contributed by atoms with van der Waals surface area (Å²) in [7, 11) is 0. The number of aromatic nitrogens is 1. The summed E-state index contributed by atoms with van der Waals surface area (Å²) >= 11 is 6.34. The van der Waals surface area contributed by atoms with Crippen LogP contribution in [0, 0.1) is 17.3 Å². The molecule has 1 aliphatic carbocycles. The first-order chi connectivity index (χ1) is 10.5. The molecule has 0 atom stereocenters. The number of aliphatic hydroxyl groups excluding tert-OH is 1. The van der Waals surface area contributed by atoms with Gasteiger partial charge in [0, 0.05) is 11.3 Å². The van der Waals surface area contributed by atoms with Gasteiger partial charge < -0.3 is 5.11 Å². The molecule has 0 spiro atoms. The van der Waals surface area contributed by atoms with Crippen molar-refractivity contribution >= 4 is 11.6 Å². The molecule has 0 aromatic carbocycles. The predicted molar refractivity (Wildman–Crippen MR) is 93.4 cm³/mol. The highest BCUT2D eigenvalue weighted by molar-refractivity contribution is 6.31. The molecule has 0 unspecified atom stereocenters. The fourth-order valence-corrected chi connectivity index (χ4v) is 4.25. The van der Waals surface area contributed by atoms with E-state index in [1.165, 1.54) is 0 Å². The van der Waals surface area contributed by atoms with Gasteiger partial charge in [-0.15, -0.1) is 0 Å². The molecular weight excluding hydrogens is 313 g/mol. The Labute approximate surface area is 144 Å². The van der Waals surface area contributed by atoms with E-state index in [0.717, 1.165) is 31.4 Å². The third-order valence-electron chi connectivity index (χ3n) is 5.17. The Morgan fingerprint density at radius 3 is 2.22 bits per heavy atom. The third kappa shape index (κ3) is 4.45. The van der Waals surface area contributed by atoms with Crippen LogP contribution in [0.5, 0.6) is 0 Å². The molecule has 1 fully saturated rings. The Balaban J connectivity index is 2.20. The van der Waals surface area contributed by atoms with Gasteiger partial charge in [0.25, 0.3) is 0 Å². The zero-order valence-electron chi connectivity index (χ0n) is 14.9. The van der Waals surface area contributed by atoms with Gasteiger partial charge in [-0.3, -0.25) is 0 Å². The van der Waals surface area contributed by atoms with Crippen LogP contribution in [-0.4, -0.2) is 16.2 Å². The molecule has 0 aliphatic heterocycles. The average molecular weight is 342 g/mol. The minimum Gasteiger partial charge on any atom is -0.393 e. The van der Waals surface area contributed by atoms with Gasteiger partial charge in [0.2, 0.25) is 5.95 Å². The van der Waals surface area contributed by atoms with Crippen molar-refractivity contribution in [2.75, 3.05) is 0 Å². The fourth-order valence-electron chi connectivity index (χ4n) is 3.76. The number of halogens is 2. The van der Waals surface area contributed by atoms with E-state index in [1.54, 1.807) is 0 Å². The molecule has 0 amide bonds. The lowest BCUT2D eigenvalue weighted by atomic mass is 9.68. The number of aliphatic hydroxyl groups is 1. The zero-order chi connectivity index (χ0) is 17.4. The van der Waals surface area contributed by atoms with Crippen molar-refractivity contribution in [2.24, 2.45) is 11.3 Å². The lowest BCUT2D eigenvalue weighted by molar-refractivity contribution is 0.0652. The maximum atomic E-state index is 14.4. The highest BCUT2D eigenvalue weighted by Crippen LogP contribution is 2.41. The number of nitrogens with zero attached hydrogens (tertiary/aromatic N) is 1. The average Bonchev–Trinajstić information content (AvgIpc) is 2.35. The van der Waals surface area contributed by atoms with Gasteiger partial charge in [-0.05, 0) is 54.9 Å². The molecule has 1 aliphatic rings. The summed E-state index contributed by atoms with van der Waals surface area (Å²) < 4.78 is 14.4. The van der Waals surface area contributed by atoms with Crippen LogP contribution < -0.4 is 0 Å². The molecule has 1 aromatic rings. The molecule has 0 bridgehead atoms. The summed E-state index contributed by atoms with van der Waals surface area (Å²) in [5, 5.41) is 10.2. The Morgan fingerprint density at radius 2 is 1.74 bits per heavy atom. The molecule has 130 valence electrons. The molecule has 2 nitrogen and oxygen atoms in total. The molecule has 2 rings (SSSR count). The Bertz CT molecular complexity index is 534. The van der Waals surface area contributed by atoms with Gasteiger partial charge in [-0.2, -0.15) is 4.39 Å². The highest BCUT2D eigenvalue weighted by Gasteiger charge is 2.34. The molecule has 0 saturated heterocycles. The van der Waals surface area contributed by atoms with Gasteiger partial charge >= 0.3 is 0 Å². The van der Waals surface area contributed by atoms with Crippen molar-refractivity contribution in [2.45, 2.75) is 78.2 Å². The molecule has 1 N–H and O–H groups in total. The maximum absolute atomic E-state index is 14.4. The van der Waals surface area contributed by atoms with Crippen LogP contribution in [0.4, 0.5) is 4.39 Å². The summed E-state index contributed by atoms with van der Waals surface area (Å²) in [6.07, 6.45) is 4.31. The quantitative estimate of drug-likeness (QED) is 0.757. The van der Waals surface area contributed by atoms with E-state index >= 15 is 0 Å². The second kappa shape index (κ2) is 6.68. The summed E-state index contributed by atoms with van der Waals surface area (Å²) in [5.74, 6) is 0.0756. The molecular formula is C19H29ClFNO.